The fourth-order valence-corrected chi connectivity index (χ4v) is 2.77. The molecule has 2 heteroatoms. The van der Waals surface area contributed by atoms with E-state index in [9.17, 15) is 0 Å². The van der Waals surface area contributed by atoms with E-state index in [0.29, 0.717) is 0 Å². The minimum Gasteiger partial charge on any atom is -0.332 e. The maximum atomic E-state index is 4.32. The van der Waals surface area contributed by atoms with Gasteiger partial charge in [0.25, 0.3) is 0 Å². The van der Waals surface area contributed by atoms with E-state index in [1.807, 2.05) is 6.20 Å². The highest BCUT2D eigenvalue weighted by atomic mass is 15.1. The maximum absolute atomic E-state index is 4.32. The summed E-state index contributed by atoms with van der Waals surface area (Å²) in [4.78, 5) is 4.32. The van der Waals surface area contributed by atoms with Gasteiger partial charge in [0.15, 0.2) is 0 Å². The van der Waals surface area contributed by atoms with Crippen molar-refractivity contribution in [2.24, 2.45) is 5.92 Å². The van der Waals surface area contributed by atoms with Crippen molar-refractivity contribution in [2.75, 3.05) is 0 Å². The van der Waals surface area contributed by atoms with Crippen molar-refractivity contribution in [3.05, 3.63) is 18.2 Å². The van der Waals surface area contributed by atoms with Gasteiger partial charge < -0.3 is 4.57 Å². The highest BCUT2D eigenvalue weighted by Gasteiger charge is 2.25. The predicted octanol–water partition coefficient (Wildman–Crippen LogP) is 3.33. The van der Waals surface area contributed by atoms with Crippen LogP contribution in [0.25, 0.3) is 0 Å². The highest BCUT2D eigenvalue weighted by molar-refractivity contribution is 4.94. The standard InChI is InChI=1S/C12H20N2/c1-3-11-6-4-5-7-12(11)14-9-8-13-10(14)2/h8-9,11-12H,3-7H2,1-2H3. The largest absolute Gasteiger partial charge is 0.332 e. The molecule has 2 atom stereocenters. The van der Waals surface area contributed by atoms with Crippen LogP contribution in [0, 0.1) is 12.8 Å². The van der Waals surface area contributed by atoms with E-state index in [4.69, 9.17) is 0 Å². The lowest BCUT2D eigenvalue weighted by molar-refractivity contribution is 0.229. The minimum atomic E-state index is 0.719. The monoisotopic (exact) mass is 192 g/mol. The third kappa shape index (κ3) is 1.70. The Balaban J connectivity index is 2.19. The number of imidazole rings is 1. The Morgan fingerprint density at radius 3 is 2.86 bits per heavy atom. The van der Waals surface area contributed by atoms with Crippen molar-refractivity contribution in [2.45, 2.75) is 52.0 Å². The summed E-state index contributed by atoms with van der Waals surface area (Å²) in [5.74, 6) is 2.05. The van der Waals surface area contributed by atoms with Crippen LogP contribution in [0.4, 0.5) is 0 Å². The lowest BCUT2D eigenvalue weighted by atomic mass is 9.82. The molecule has 0 amide bonds. The summed E-state index contributed by atoms with van der Waals surface area (Å²) in [6.45, 7) is 4.43. The second kappa shape index (κ2) is 4.16. The second-order valence-electron chi connectivity index (χ2n) is 4.40. The van der Waals surface area contributed by atoms with Crippen LogP contribution in [0.5, 0.6) is 0 Å². The summed E-state index contributed by atoms with van der Waals surface area (Å²) >= 11 is 0. The van der Waals surface area contributed by atoms with Crippen molar-refractivity contribution in [1.82, 2.24) is 9.55 Å². The van der Waals surface area contributed by atoms with Crippen LogP contribution in [0.15, 0.2) is 12.4 Å². The van der Waals surface area contributed by atoms with Gasteiger partial charge in [0.2, 0.25) is 0 Å². The van der Waals surface area contributed by atoms with E-state index < -0.39 is 0 Å². The van der Waals surface area contributed by atoms with E-state index in [2.05, 4.69) is 29.6 Å². The number of hydrogen-bond donors (Lipinski definition) is 0. The smallest absolute Gasteiger partial charge is 0.105 e. The van der Waals surface area contributed by atoms with Crippen LogP contribution in [0.1, 0.15) is 50.9 Å². The number of hydrogen-bond acceptors (Lipinski definition) is 1. The van der Waals surface area contributed by atoms with Gasteiger partial charge in [-0.15, -0.1) is 0 Å². The van der Waals surface area contributed by atoms with Crippen molar-refractivity contribution in [3.63, 3.8) is 0 Å². The number of aromatic nitrogens is 2. The van der Waals surface area contributed by atoms with Gasteiger partial charge in [-0.05, 0) is 25.7 Å². The molecule has 2 unspecified atom stereocenters. The van der Waals surface area contributed by atoms with Gasteiger partial charge in [-0.25, -0.2) is 4.98 Å². The Bertz CT molecular complexity index is 290. The zero-order valence-electron chi connectivity index (χ0n) is 9.24. The third-order valence-electron chi connectivity index (χ3n) is 3.61. The number of nitrogens with zero attached hydrogens (tertiary/aromatic N) is 2. The summed E-state index contributed by atoms with van der Waals surface area (Å²) in [6, 6.07) is 0.719. The van der Waals surface area contributed by atoms with E-state index in [1.165, 1.54) is 37.9 Å². The van der Waals surface area contributed by atoms with Crippen LogP contribution < -0.4 is 0 Å². The molecule has 1 aromatic rings. The van der Waals surface area contributed by atoms with E-state index >= 15 is 0 Å². The fourth-order valence-electron chi connectivity index (χ4n) is 2.77. The fraction of sp³-hybridized carbons (Fsp3) is 0.750. The lowest BCUT2D eigenvalue weighted by Crippen LogP contribution is -2.23. The normalized spacial score (nSPS) is 27.9. The molecule has 0 aromatic carbocycles. The molecule has 1 heterocycles. The predicted molar refractivity (Wildman–Crippen MR) is 58.3 cm³/mol. The zero-order chi connectivity index (χ0) is 9.97. The average molecular weight is 192 g/mol. The van der Waals surface area contributed by atoms with Crippen molar-refractivity contribution in [3.8, 4) is 0 Å². The Hall–Kier alpha value is -0.790. The van der Waals surface area contributed by atoms with Crippen LogP contribution in [0.2, 0.25) is 0 Å². The van der Waals surface area contributed by atoms with Gasteiger partial charge in [-0.1, -0.05) is 26.2 Å². The Kier molecular flexibility index (Phi) is 2.90. The molecule has 0 radical (unpaired) electrons. The Morgan fingerprint density at radius 2 is 2.21 bits per heavy atom. The first kappa shape index (κ1) is 9.75. The molecule has 2 rings (SSSR count). The molecular weight excluding hydrogens is 172 g/mol. The summed E-state index contributed by atoms with van der Waals surface area (Å²) in [6.07, 6.45) is 10.9. The number of rotatable bonds is 2. The molecule has 1 aromatic heterocycles. The SMILES string of the molecule is CCC1CCCCC1n1ccnc1C. The van der Waals surface area contributed by atoms with Crippen LogP contribution in [0.3, 0.4) is 0 Å². The molecular formula is C12H20N2. The van der Waals surface area contributed by atoms with Crippen LogP contribution in [-0.2, 0) is 0 Å². The quantitative estimate of drug-likeness (QED) is 0.702. The van der Waals surface area contributed by atoms with Gasteiger partial charge in [0.05, 0.1) is 0 Å². The molecule has 14 heavy (non-hydrogen) atoms. The minimum absolute atomic E-state index is 0.719. The molecule has 0 N–H and O–H groups in total. The average Bonchev–Trinajstić information content (AvgIpc) is 2.64. The maximum Gasteiger partial charge on any atom is 0.105 e. The molecule has 2 nitrogen and oxygen atoms in total. The summed E-state index contributed by atoms with van der Waals surface area (Å²) < 4.78 is 2.38. The van der Waals surface area contributed by atoms with Gasteiger partial charge in [0.1, 0.15) is 5.82 Å². The lowest BCUT2D eigenvalue weighted by Gasteiger charge is -2.32. The highest BCUT2D eigenvalue weighted by Crippen LogP contribution is 2.36. The molecule has 0 spiro atoms. The molecule has 78 valence electrons. The third-order valence-corrected chi connectivity index (χ3v) is 3.61. The van der Waals surface area contributed by atoms with E-state index in [-0.39, 0.29) is 0 Å². The Labute approximate surface area is 86.3 Å². The summed E-state index contributed by atoms with van der Waals surface area (Å²) in [5.41, 5.74) is 0. The Morgan fingerprint density at radius 1 is 1.43 bits per heavy atom. The van der Waals surface area contributed by atoms with Gasteiger partial charge in [0, 0.05) is 18.4 Å². The molecule has 0 bridgehead atoms. The summed E-state index contributed by atoms with van der Waals surface area (Å²) in [7, 11) is 0. The molecule has 1 fully saturated rings. The van der Waals surface area contributed by atoms with Crippen LogP contribution in [-0.4, -0.2) is 9.55 Å². The van der Waals surface area contributed by atoms with E-state index in [0.717, 1.165) is 12.0 Å². The van der Waals surface area contributed by atoms with Crippen molar-refractivity contribution < 1.29 is 0 Å². The van der Waals surface area contributed by atoms with E-state index in [1.54, 1.807) is 0 Å². The molecule has 1 aliphatic carbocycles. The molecule has 1 saturated carbocycles. The van der Waals surface area contributed by atoms with Gasteiger partial charge in [-0.2, -0.15) is 0 Å². The molecule has 1 aliphatic rings. The first-order chi connectivity index (χ1) is 6.83. The zero-order valence-corrected chi connectivity index (χ0v) is 9.24. The van der Waals surface area contributed by atoms with Crippen LogP contribution >= 0.6 is 0 Å². The van der Waals surface area contributed by atoms with Crippen molar-refractivity contribution >= 4 is 0 Å². The summed E-state index contributed by atoms with van der Waals surface area (Å²) in [5, 5.41) is 0. The van der Waals surface area contributed by atoms with Gasteiger partial charge in [-0.3, -0.25) is 0 Å². The van der Waals surface area contributed by atoms with Crippen molar-refractivity contribution in [1.29, 1.82) is 0 Å². The molecule has 0 aliphatic heterocycles. The first-order valence-corrected chi connectivity index (χ1v) is 5.82. The molecule has 0 saturated heterocycles. The number of aryl methyl sites for hydroxylation is 1. The second-order valence-corrected chi connectivity index (χ2v) is 4.40. The van der Waals surface area contributed by atoms with Gasteiger partial charge >= 0.3 is 0 Å². The topological polar surface area (TPSA) is 17.8 Å². The first-order valence-electron chi connectivity index (χ1n) is 5.82.